The zero-order valence-electron chi connectivity index (χ0n) is 14.1. The van der Waals surface area contributed by atoms with Gasteiger partial charge in [-0.3, -0.25) is 14.6 Å². The number of pyridine rings is 1. The number of para-hydroxylation sites is 1. The van der Waals surface area contributed by atoms with Crippen LogP contribution in [0, 0.1) is 5.82 Å². The Morgan fingerprint density at radius 2 is 1.67 bits per heavy atom. The van der Waals surface area contributed by atoms with E-state index in [0.717, 1.165) is 0 Å². The molecule has 0 aliphatic carbocycles. The Labute approximate surface area is 154 Å². The Kier molecular flexibility index (Phi) is 5.64. The maximum Gasteiger partial charge on any atom is 0.274 e. The molecule has 0 unspecified atom stereocenters. The van der Waals surface area contributed by atoms with E-state index in [4.69, 9.17) is 0 Å². The lowest BCUT2D eigenvalue weighted by molar-refractivity contribution is 0.0956. The molecule has 7 heteroatoms. The van der Waals surface area contributed by atoms with Crippen molar-refractivity contribution in [3.63, 3.8) is 0 Å². The minimum absolute atomic E-state index is 0.238. The van der Waals surface area contributed by atoms with Gasteiger partial charge in [0.15, 0.2) is 0 Å². The van der Waals surface area contributed by atoms with Gasteiger partial charge in [-0.25, -0.2) is 9.82 Å². The molecule has 0 radical (unpaired) electrons. The topological polar surface area (TPSA) is 83.5 Å². The number of nitrogens with one attached hydrogen (secondary N) is 2. The number of amides is 2. The highest BCUT2D eigenvalue weighted by atomic mass is 19.1. The predicted octanol–water partition coefficient (Wildman–Crippen LogP) is 3.24. The summed E-state index contributed by atoms with van der Waals surface area (Å²) in [5.74, 6) is -1.27. The highest BCUT2D eigenvalue weighted by Gasteiger charge is 2.14. The van der Waals surface area contributed by atoms with Gasteiger partial charge >= 0.3 is 0 Å². The van der Waals surface area contributed by atoms with Crippen molar-refractivity contribution in [2.24, 2.45) is 5.10 Å². The minimum Gasteiger partial charge on any atom is -0.320 e. The van der Waals surface area contributed by atoms with Crippen LogP contribution in [0.1, 0.15) is 26.4 Å². The maximum absolute atomic E-state index is 12.9. The van der Waals surface area contributed by atoms with Crippen LogP contribution in [0.3, 0.4) is 0 Å². The zero-order valence-corrected chi connectivity index (χ0v) is 14.1. The first-order chi connectivity index (χ1) is 13.1. The summed E-state index contributed by atoms with van der Waals surface area (Å²) in [5.41, 5.74) is 3.84. The molecule has 2 aromatic carbocycles. The molecule has 2 amide bonds. The highest BCUT2D eigenvalue weighted by Crippen LogP contribution is 2.16. The molecule has 3 rings (SSSR count). The Morgan fingerprint density at radius 3 is 2.41 bits per heavy atom. The van der Waals surface area contributed by atoms with Crippen LogP contribution in [-0.2, 0) is 0 Å². The number of nitrogens with zero attached hydrogens (tertiary/aromatic N) is 2. The standard InChI is InChI=1S/C20H15FN4O2/c21-15-10-8-14(9-11-15)13-23-25-19(26)16-5-1-2-6-17(16)24-20(27)18-7-3-4-12-22-18/h1-13H,(H,24,27)(H,25,26)/b23-13+. The summed E-state index contributed by atoms with van der Waals surface area (Å²) >= 11 is 0. The fourth-order valence-corrected chi connectivity index (χ4v) is 2.25. The number of carbonyl (C=O) groups is 2. The van der Waals surface area contributed by atoms with Crippen LogP contribution < -0.4 is 10.7 Å². The van der Waals surface area contributed by atoms with Gasteiger partial charge in [0.05, 0.1) is 17.5 Å². The first kappa shape index (κ1) is 17.9. The fraction of sp³-hybridized carbons (Fsp3) is 0. The van der Waals surface area contributed by atoms with Crippen molar-refractivity contribution in [3.8, 4) is 0 Å². The monoisotopic (exact) mass is 362 g/mol. The summed E-state index contributed by atoms with van der Waals surface area (Å²) in [6.45, 7) is 0. The number of hydrogen-bond donors (Lipinski definition) is 2. The van der Waals surface area contributed by atoms with Crippen molar-refractivity contribution < 1.29 is 14.0 Å². The van der Waals surface area contributed by atoms with E-state index in [0.29, 0.717) is 11.3 Å². The molecule has 2 N–H and O–H groups in total. The van der Waals surface area contributed by atoms with E-state index in [9.17, 15) is 14.0 Å². The molecule has 0 aliphatic heterocycles. The molecule has 134 valence electrons. The van der Waals surface area contributed by atoms with Gasteiger partial charge < -0.3 is 5.32 Å². The lowest BCUT2D eigenvalue weighted by atomic mass is 10.1. The quantitative estimate of drug-likeness (QED) is 0.540. The van der Waals surface area contributed by atoms with Crippen LogP contribution in [0.15, 0.2) is 78.0 Å². The van der Waals surface area contributed by atoms with Crippen molar-refractivity contribution in [1.82, 2.24) is 10.4 Å². The molecule has 0 saturated carbocycles. The zero-order chi connectivity index (χ0) is 19.1. The van der Waals surface area contributed by atoms with Gasteiger partial charge in [0.25, 0.3) is 11.8 Å². The maximum atomic E-state index is 12.9. The van der Waals surface area contributed by atoms with E-state index >= 15 is 0 Å². The lowest BCUT2D eigenvalue weighted by Crippen LogP contribution is -2.21. The number of carbonyl (C=O) groups excluding carboxylic acids is 2. The summed E-state index contributed by atoms with van der Waals surface area (Å²) in [4.78, 5) is 28.6. The van der Waals surface area contributed by atoms with E-state index in [1.165, 1.54) is 36.7 Å². The SMILES string of the molecule is O=C(Nc1ccccc1C(=O)N/N=C/c1ccc(F)cc1)c1ccccn1. The van der Waals surface area contributed by atoms with Gasteiger partial charge in [0, 0.05) is 6.20 Å². The van der Waals surface area contributed by atoms with Crippen LogP contribution in [0.5, 0.6) is 0 Å². The number of anilines is 1. The fourth-order valence-electron chi connectivity index (χ4n) is 2.25. The van der Waals surface area contributed by atoms with Crippen molar-refractivity contribution >= 4 is 23.7 Å². The van der Waals surface area contributed by atoms with Crippen LogP contribution in [0.4, 0.5) is 10.1 Å². The van der Waals surface area contributed by atoms with Crippen molar-refractivity contribution in [2.75, 3.05) is 5.32 Å². The van der Waals surface area contributed by atoms with Gasteiger partial charge in [-0.1, -0.05) is 30.3 Å². The van der Waals surface area contributed by atoms with Crippen LogP contribution in [0.25, 0.3) is 0 Å². The normalized spacial score (nSPS) is 10.6. The number of hydrazone groups is 1. The minimum atomic E-state index is -0.495. The molecule has 0 spiro atoms. The Bertz CT molecular complexity index is 973. The van der Waals surface area contributed by atoms with E-state index in [-0.39, 0.29) is 17.1 Å². The summed E-state index contributed by atoms with van der Waals surface area (Å²) in [7, 11) is 0. The molecular formula is C20H15FN4O2. The van der Waals surface area contributed by atoms with E-state index in [1.54, 1.807) is 42.5 Å². The molecule has 0 atom stereocenters. The number of benzene rings is 2. The van der Waals surface area contributed by atoms with Gasteiger partial charge in [0.2, 0.25) is 0 Å². The second-order valence-electron chi connectivity index (χ2n) is 5.47. The van der Waals surface area contributed by atoms with Gasteiger partial charge in [-0.2, -0.15) is 5.10 Å². The number of aromatic nitrogens is 1. The van der Waals surface area contributed by atoms with E-state index in [1.807, 2.05) is 0 Å². The summed E-state index contributed by atoms with van der Waals surface area (Å²) in [5, 5.41) is 6.52. The highest BCUT2D eigenvalue weighted by molar-refractivity contribution is 6.08. The summed E-state index contributed by atoms with van der Waals surface area (Å²) in [6, 6.07) is 17.2. The van der Waals surface area contributed by atoms with E-state index < -0.39 is 11.8 Å². The van der Waals surface area contributed by atoms with E-state index in [2.05, 4.69) is 20.8 Å². The van der Waals surface area contributed by atoms with Crippen LogP contribution in [0.2, 0.25) is 0 Å². The Balaban J connectivity index is 1.70. The third-order valence-corrected chi connectivity index (χ3v) is 3.57. The average Bonchev–Trinajstić information content (AvgIpc) is 2.70. The smallest absolute Gasteiger partial charge is 0.274 e. The first-order valence-corrected chi connectivity index (χ1v) is 8.04. The van der Waals surface area contributed by atoms with Gasteiger partial charge in [-0.05, 0) is 42.0 Å². The molecular weight excluding hydrogens is 347 g/mol. The summed E-state index contributed by atoms with van der Waals surface area (Å²) in [6.07, 6.45) is 2.91. The molecule has 6 nitrogen and oxygen atoms in total. The van der Waals surface area contributed by atoms with Gasteiger partial charge in [-0.15, -0.1) is 0 Å². The first-order valence-electron chi connectivity index (χ1n) is 8.04. The van der Waals surface area contributed by atoms with Crippen LogP contribution >= 0.6 is 0 Å². The molecule has 0 bridgehead atoms. The molecule has 0 saturated heterocycles. The molecule has 1 aromatic heterocycles. The second-order valence-corrected chi connectivity index (χ2v) is 5.47. The van der Waals surface area contributed by atoms with Crippen molar-refractivity contribution in [1.29, 1.82) is 0 Å². The second kappa shape index (κ2) is 8.48. The predicted molar refractivity (Wildman–Crippen MR) is 100 cm³/mol. The molecule has 0 fully saturated rings. The molecule has 3 aromatic rings. The third-order valence-electron chi connectivity index (χ3n) is 3.57. The molecule has 27 heavy (non-hydrogen) atoms. The molecule has 1 heterocycles. The van der Waals surface area contributed by atoms with Crippen molar-refractivity contribution in [2.45, 2.75) is 0 Å². The Morgan fingerprint density at radius 1 is 0.926 bits per heavy atom. The lowest BCUT2D eigenvalue weighted by Gasteiger charge is -2.09. The van der Waals surface area contributed by atoms with Crippen LogP contribution in [-0.4, -0.2) is 23.0 Å². The third kappa shape index (κ3) is 4.82. The Hall–Kier alpha value is -3.87. The van der Waals surface area contributed by atoms with Gasteiger partial charge in [0.1, 0.15) is 11.5 Å². The summed E-state index contributed by atoms with van der Waals surface area (Å²) < 4.78 is 12.9. The number of halogens is 1. The number of hydrogen-bond acceptors (Lipinski definition) is 4. The largest absolute Gasteiger partial charge is 0.320 e. The average molecular weight is 362 g/mol. The van der Waals surface area contributed by atoms with Crippen molar-refractivity contribution in [3.05, 3.63) is 95.6 Å². The number of rotatable bonds is 5. The molecule has 0 aliphatic rings.